The smallest absolute Gasteiger partial charge is 0.149 e. The van der Waals surface area contributed by atoms with Crippen molar-refractivity contribution in [2.24, 2.45) is 5.92 Å². The van der Waals surface area contributed by atoms with E-state index in [2.05, 4.69) is 253 Å². The van der Waals surface area contributed by atoms with Crippen molar-refractivity contribution in [3.05, 3.63) is 265 Å². The third-order valence-electron chi connectivity index (χ3n) is 13.2. The van der Waals surface area contributed by atoms with Gasteiger partial charge in [-0.3, -0.25) is 0 Å². The zero-order valence-corrected chi connectivity index (χ0v) is 34.7. The van der Waals surface area contributed by atoms with Crippen molar-refractivity contribution in [2.45, 2.75) is 17.9 Å². The molecule has 8 aromatic carbocycles. The first-order valence-corrected chi connectivity index (χ1v) is 22.0. The molecule has 8 aromatic rings. The minimum absolute atomic E-state index is 0.0202. The fourth-order valence-corrected chi connectivity index (χ4v) is 10.2. The number of rotatable bonds is 8. The van der Waals surface area contributed by atoms with E-state index in [-0.39, 0.29) is 17.9 Å². The zero-order valence-electron chi connectivity index (χ0n) is 34.7. The third kappa shape index (κ3) is 6.52. The van der Waals surface area contributed by atoms with E-state index in [1.54, 1.807) is 0 Å². The number of hydrogen-bond acceptors (Lipinski definition) is 3. The van der Waals surface area contributed by atoms with Gasteiger partial charge in [-0.2, -0.15) is 0 Å². The Bertz CT molecular complexity index is 3160. The van der Waals surface area contributed by atoms with Gasteiger partial charge >= 0.3 is 0 Å². The molecule has 3 aliphatic carbocycles. The van der Waals surface area contributed by atoms with Crippen LogP contribution < -0.4 is 14.5 Å². The maximum Gasteiger partial charge on any atom is 0.149 e. The molecule has 1 heterocycles. The summed E-state index contributed by atoms with van der Waals surface area (Å²) in [6.45, 7) is 0. The average Bonchev–Trinajstić information content (AvgIpc) is 3.35. The molecule has 0 bridgehead atoms. The van der Waals surface area contributed by atoms with Crippen molar-refractivity contribution in [3.8, 4) is 16.9 Å². The molecule has 4 atom stereocenters. The number of fused-ring (bicyclic) bond motifs is 4. The minimum atomic E-state index is -0.282. The number of nitrogens with zero attached hydrogens (tertiary/aromatic N) is 2. The molecular formula is C60H44N2O. The second-order valence-electron chi connectivity index (χ2n) is 16.8. The summed E-state index contributed by atoms with van der Waals surface area (Å²) in [7, 11) is 0. The summed E-state index contributed by atoms with van der Waals surface area (Å²) in [6, 6.07) is 66.0. The van der Waals surface area contributed by atoms with Crippen molar-refractivity contribution in [3.63, 3.8) is 0 Å². The van der Waals surface area contributed by atoms with Crippen LogP contribution in [-0.2, 0) is 0 Å². The number of allylic oxidation sites excluding steroid dienone is 10. The molecule has 0 spiro atoms. The molecule has 0 saturated carbocycles. The van der Waals surface area contributed by atoms with Gasteiger partial charge in [-0.25, -0.2) is 0 Å². The molecule has 0 aromatic heterocycles. The molecule has 3 heteroatoms. The Hall–Kier alpha value is -7.88. The summed E-state index contributed by atoms with van der Waals surface area (Å²) < 4.78 is 7.41. The summed E-state index contributed by atoms with van der Waals surface area (Å²) in [5.74, 6) is 1.51. The fourth-order valence-electron chi connectivity index (χ4n) is 10.2. The Labute approximate surface area is 368 Å². The maximum absolute atomic E-state index is 7.41. The monoisotopic (exact) mass is 808 g/mol. The third-order valence-corrected chi connectivity index (χ3v) is 13.2. The van der Waals surface area contributed by atoms with Crippen LogP contribution in [0.4, 0.5) is 28.4 Å². The highest BCUT2D eigenvalue weighted by atomic mass is 16.5. The molecule has 0 saturated heterocycles. The zero-order chi connectivity index (χ0) is 41.7. The molecule has 0 radical (unpaired) electrons. The Morgan fingerprint density at radius 3 is 1.86 bits per heavy atom. The van der Waals surface area contributed by atoms with Crippen LogP contribution >= 0.6 is 0 Å². The molecule has 63 heavy (non-hydrogen) atoms. The second-order valence-corrected chi connectivity index (χ2v) is 16.8. The Balaban J connectivity index is 0.965. The molecule has 12 rings (SSSR count). The lowest BCUT2D eigenvalue weighted by atomic mass is 9.76. The van der Waals surface area contributed by atoms with Crippen LogP contribution in [-0.4, -0.2) is 6.10 Å². The molecule has 0 fully saturated rings. The predicted molar refractivity (Wildman–Crippen MR) is 263 cm³/mol. The van der Waals surface area contributed by atoms with Gasteiger partial charge in [0.25, 0.3) is 0 Å². The average molecular weight is 809 g/mol. The molecule has 0 N–H and O–H groups in total. The second kappa shape index (κ2) is 15.5. The molecule has 3 nitrogen and oxygen atoms in total. The van der Waals surface area contributed by atoms with Crippen molar-refractivity contribution in [1.29, 1.82) is 0 Å². The SMILES string of the molecule is C1=CC2=CC=CC(c3ccc(N(C4=CC=CC5c6cccc7cc(N(c8ccccc8)c8ccccc8)cc(c67)OC45)c4ccc(-c5cccc6ccccc56)cc4)cc3)C2C=C1. The van der Waals surface area contributed by atoms with Gasteiger partial charge in [0.05, 0.1) is 11.4 Å². The summed E-state index contributed by atoms with van der Waals surface area (Å²) in [5, 5.41) is 4.83. The number of ether oxygens (including phenoxy) is 1. The molecule has 0 amide bonds. The molecule has 4 aliphatic rings. The van der Waals surface area contributed by atoms with Crippen LogP contribution in [0.2, 0.25) is 0 Å². The van der Waals surface area contributed by atoms with Gasteiger partial charge in [-0.1, -0.05) is 176 Å². The maximum atomic E-state index is 7.41. The molecular weight excluding hydrogens is 765 g/mol. The molecule has 300 valence electrons. The lowest BCUT2D eigenvalue weighted by molar-refractivity contribution is 0.213. The van der Waals surface area contributed by atoms with Gasteiger partial charge in [0.1, 0.15) is 11.9 Å². The van der Waals surface area contributed by atoms with Gasteiger partial charge in [0, 0.05) is 52.0 Å². The first-order chi connectivity index (χ1) is 31.2. The van der Waals surface area contributed by atoms with Crippen molar-refractivity contribution in [2.75, 3.05) is 9.80 Å². The highest BCUT2D eigenvalue weighted by molar-refractivity contribution is 5.98. The summed E-state index contributed by atoms with van der Waals surface area (Å²) in [6.07, 6.45) is 22.2. The summed E-state index contributed by atoms with van der Waals surface area (Å²) in [4.78, 5) is 4.74. The first-order valence-electron chi connectivity index (χ1n) is 22.0. The van der Waals surface area contributed by atoms with Crippen LogP contribution in [0.3, 0.4) is 0 Å². The van der Waals surface area contributed by atoms with E-state index in [0.29, 0.717) is 5.92 Å². The normalized spacial score (nSPS) is 19.2. The van der Waals surface area contributed by atoms with Crippen LogP contribution in [0.1, 0.15) is 23.0 Å². The largest absolute Gasteiger partial charge is 0.482 e. The van der Waals surface area contributed by atoms with Gasteiger partial charge < -0.3 is 14.5 Å². The highest BCUT2D eigenvalue weighted by Gasteiger charge is 2.38. The van der Waals surface area contributed by atoms with E-state index in [1.807, 2.05) is 0 Å². The van der Waals surface area contributed by atoms with Crippen molar-refractivity contribution < 1.29 is 4.74 Å². The number of anilines is 5. The minimum Gasteiger partial charge on any atom is -0.482 e. The number of benzene rings is 8. The topological polar surface area (TPSA) is 15.7 Å². The van der Waals surface area contributed by atoms with Crippen LogP contribution in [0.15, 0.2) is 254 Å². The van der Waals surface area contributed by atoms with Crippen molar-refractivity contribution >= 4 is 50.0 Å². The van der Waals surface area contributed by atoms with E-state index in [0.717, 1.165) is 45.3 Å². The summed E-state index contributed by atoms with van der Waals surface area (Å²) >= 11 is 0. The van der Waals surface area contributed by atoms with Gasteiger partial charge in [-0.05, 0) is 105 Å². The van der Waals surface area contributed by atoms with Crippen molar-refractivity contribution in [1.82, 2.24) is 0 Å². The number of para-hydroxylation sites is 2. The quantitative estimate of drug-likeness (QED) is 0.152. The molecule has 4 unspecified atom stereocenters. The molecule has 1 aliphatic heterocycles. The fraction of sp³-hybridized carbons (Fsp3) is 0.0667. The van der Waals surface area contributed by atoms with E-state index in [1.165, 1.54) is 44.0 Å². The first kappa shape index (κ1) is 36.9. The van der Waals surface area contributed by atoms with Gasteiger partial charge in [0.2, 0.25) is 0 Å². The summed E-state index contributed by atoms with van der Waals surface area (Å²) in [5.41, 5.74) is 12.9. The highest BCUT2D eigenvalue weighted by Crippen LogP contribution is 2.50. The Morgan fingerprint density at radius 1 is 0.429 bits per heavy atom. The predicted octanol–water partition coefficient (Wildman–Crippen LogP) is 15.6. The van der Waals surface area contributed by atoms with E-state index in [9.17, 15) is 0 Å². The van der Waals surface area contributed by atoms with Crippen LogP contribution in [0, 0.1) is 5.92 Å². The number of hydrogen-bond donors (Lipinski definition) is 0. The van der Waals surface area contributed by atoms with Crippen LogP contribution in [0.25, 0.3) is 32.7 Å². The van der Waals surface area contributed by atoms with E-state index < -0.39 is 0 Å². The Kier molecular flexibility index (Phi) is 9.11. The standard InChI is InChI=1S/C60H44N2O/c1-3-20-46(21-4-1)61(47-22-5-2-6-23-47)50-39-45-19-13-28-55-56-29-14-30-57(60(56)63-58(40-50)59(45)55)62(48-35-31-43(32-36-48)53-26-11-17-41-15-7-9-24-51(41)53)49-37-33-44(34-38-49)54-27-12-18-42-16-8-10-25-52(42)54/h1-40,51,53,56,60H. The van der Waals surface area contributed by atoms with E-state index >= 15 is 0 Å². The van der Waals surface area contributed by atoms with Gasteiger partial charge in [-0.15, -0.1) is 0 Å². The lowest BCUT2D eigenvalue weighted by Gasteiger charge is -2.41. The van der Waals surface area contributed by atoms with Gasteiger partial charge in [0.15, 0.2) is 0 Å². The van der Waals surface area contributed by atoms with Crippen LogP contribution in [0.5, 0.6) is 5.75 Å². The Morgan fingerprint density at radius 2 is 1.06 bits per heavy atom. The lowest BCUT2D eigenvalue weighted by Crippen LogP contribution is -2.38. The van der Waals surface area contributed by atoms with E-state index in [4.69, 9.17) is 4.74 Å².